The topological polar surface area (TPSA) is 58.6 Å². The average molecular weight is 296 g/mol. The lowest BCUT2D eigenvalue weighted by Gasteiger charge is -2.34. The second kappa shape index (κ2) is 6.92. The van der Waals surface area contributed by atoms with E-state index in [-0.39, 0.29) is 6.54 Å². The molecule has 0 aromatic heterocycles. The van der Waals surface area contributed by atoms with Crippen LogP contribution in [0, 0.1) is 0 Å². The quantitative estimate of drug-likeness (QED) is 0.771. The molecule has 1 saturated heterocycles. The van der Waals surface area contributed by atoms with Crippen molar-refractivity contribution in [2.45, 2.75) is 44.4 Å². The van der Waals surface area contributed by atoms with Gasteiger partial charge < -0.3 is 9.64 Å². The fourth-order valence-electron chi connectivity index (χ4n) is 2.21. The van der Waals surface area contributed by atoms with Crippen molar-refractivity contribution in [2.75, 3.05) is 20.2 Å². The number of carbonyl (C=O) groups is 2. The van der Waals surface area contributed by atoms with Gasteiger partial charge in [0, 0.05) is 6.54 Å². The van der Waals surface area contributed by atoms with Crippen LogP contribution in [-0.4, -0.2) is 55.2 Å². The molecule has 5 nitrogen and oxygen atoms in total. The second-order valence-corrected chi connectivity index (χ2v) is 4.72. The molecule has 1 rings (SSSR count). The molecule has 1 aliphatic rings. The number of nitrogens with zero attached hydrogens (tertiary/aromatic N) is 1. The Morgan fingerprint density at radius 1 is 1.55 bits per heavy atom. The van der Waals surface area contributed by atoms with Crippen molar-refractivity contribution in [3.05, 3.63) is 0 Å². The van der Waals surface area contributed by atoms with E-state index in [1.165, 1.54) is 7.11 Å². The van der Waals surface area contributed by atoms with E-state index in [2.05, 4.69) is 10.1 Å². The lowest BCUT2D eigenvalue weighted by molar-refractivity contribution is -0.165. The van der Waals surface area contributed by atoms with Gasteiger partial charge in [-0.2, -0.15) is 13.2 Å². The minimum absolute atomic E-state index is 0.0888. The Labute approximate surface area is 115 Å². The summed E-state index contributed by atoms with van der Waals surface area (Å²) in [6.07, 6.45) is -3.13. The molecule has 0 bridgehead atoms. The zero-order chi connectivity index (χ0) is 15.3. The minimum atomic E-state index is -4.41. The molecule has 1 amide bonds. The molecule has 0 aliphatic carbocycles. The number of amides is 1. The molecule has 0 spiro atoms. The highest BCUT2D eigenvalue weighted by atomic mass is 19.4. The summed E-state index contributed by atoms with van der Waals surface area (Å²) in [7, 11) is 1.23. The summed E-state index contributed by atoms with van der Waals surface area (Å²) >= 11 is 0. The molecule has 1 aliphatic heterocycles. The van der Waals surface area contributed by atoms with Crippen LogP contribution >= 0.6 is 0 Å². The van der Waals surface area contributed by atoms with Gasteiger partial charge in [0.1, 0.15) is 12.6 Å². The van der Waals surface area contributed by atoms with Gasteiger partial charge in [-0.1, -0.05) is 6.92 Å². The first-order chi connectivity index (χ1) is 9.28. The van der Waals surface area contributed by atoms with Crippen LogP contribution in [0.15, 0.2) is 0 Å². The van der Waals surface area contributed by atoms with Crippen molar-refractivity contribution in [3.8, 4) is 0 Å². The van der Waals surface area contributed by atoms with Crippen LogP contribution < -0.4 is 5.32 Å². The SMILES string of the molecule is CC[C@@H](N[C@@H]1CCCN(CC(F)(F)F)C1=O)C(=O)OC. The number of alkyl halides is 3. The van der Waals surface area contributed by atoms with Gasteiger partial charge in [0.2, 0.25) is 5.91 Å². The molecule has 8 heteroatoms. The summed E-state index contributed by atoms with van der Waals surface area (Å²) in [6, 6.07) is -1.45. The van der Waals surface area contributed by atoms with Gasteiger partial charge in [0.25, 0.3) is 0 Å². The van der Waals surface area contributed by atoms with Crippen molar-refractivity contribution >= 4 is 11.9 Å². The summed E-state index contributed by atoms with van der Waals surface area (Å²) in [6.45, 7) is 0.569. The van der Waals surface area contributed by atoms with Crippen molar-refractivity contribution in [2.24, 2.45) is 0 Å². The van der Waals surface area contributed by atoms with Gasteiger partial charge in [-0.25, -0.2) is 0 Å². The number of likely N-dealkylation sites (tertiary alicyclic amines) is 1. The fourth-order valence-corrected chi connectivity index (χ4v) is 2.21. The van der Waals surface area contributed by atoms with Crippen LogP contribution in [0.25, 0.3) is 0 Å². The molecular weight excluding hydrogens is 277 g/mol. The molecule has 0 aromatic rings. The van der Waals surface area contributed by atoms with Crippen LogP contribution in [0.1, 0.15) is 26.2 Å². The predicted molar refractivity (Wildman–Crippen MR) is 64.9 cm³/mol. The van der Waals surface area contributed by atoms with Gasteiger partial charge in [-0.05, 0) is 19.3 Å². The van der Waals surface area contributed by atoms with E-state index in [1.807, 2.05) is 0 Å². The molecular formula is C12H19F3N2O3. The van der Waals surface area contributed by atoms with E-state index in [0.29, 0.717) is 19.3 Å². The number of hydrogen-bond acceptors (Lipinski definition) is 4. The highest BCUT2D eigenvalue weighted by Crippen LogP contribution is 2.21. The first kappa shape index (κ1) is 16.7. The molecule has 20 heavy (non-hydrogen) atoms. The fraction of sp³-hybridized carbons (Fsp3) is 0.833. The number of halogens is 3. The molecule has 0 unspecified atom stereocenters. The summed E-state index contributed by atoms with van der Waals surface area (Å²) in [4.78, 5) is 24.2. The molecule has 2 atom stereocenters. The van der Waals surface area contributed by atoms with Gasteiger partial charge in [-0.15, -0.1) is 0 Å². The Hall–Kier alpha value is -1.31. The lowest BCUT2D eigenvalue weighted by Crippen LogP contribution is -2.56. The molecule has 1 fully saturated rings. The summed E-state index contributed by atoms with van der Waals surface area (Å²) in [5.74, 6) is -1.14. The van der Waals surface area contributed by atoms with Crippen LogP contribution in [0.4, 0.5) is 13.2 Å². The molecule has 0 saturated carbocycles. The smallest absolute Gasteiger partial charge is 0.406 e. The zero-order valence-corrected chi connectivity index (χ0v) is 11.5. The van der Waals surface area contributed by atoms with E-state index < -0.39 is 36.7 Å². The minimum Gasteiger partial charge on any atom is -0.468 e. The Morgan fingerprint density at radius 2 is 2.20 bits per heavy atom. The van der Waals surface area contributed by atoms with Crippen LogP contribution in [-0.2, 0) is 14.3 Å². The standard InChI is InChI=1S/C12H19F3N2O3/c1-3-8(11(19)20-2)16-9-5-4-6-17(10(9)18)7-12(13,14)15/h8-9,16H,3-7H2,1-2H3/t8-,9-/m1/s1. The van der Waals surface area contributed by atoms with Crippen molar-refractivity contribution in [1.29, 1.82) is 0 Å². The third-order valence-corrected chi connectivity index (χ3v) is 3.20. The third kappa shape index (κ3) is 4.66. The number of piperidine rings is 1. The molecule has 0 radical (unpaired) electrons. The van der Waals surface area contributed by atoms with Gasteiger partial charge in [0.15, 0.2) is 0 Å². The maximum Gasteiger partial charge on any atom is 0.406 e. The number of rotatable bonds is 5. The monoisotopic (exact) mass is 296 g/mol. The van der Waals surface area contributed by atoms with Crippen LogP contribution in [0.3, 0.4) is 0 Å². The Kier molecular flexibility index (Phi) is 5.79. The van der Waals surface area contributed by atoms with Crippen molar-refractivity contribution in [1.82, 2.24) is 10.2 Å². The summed E-state index contributed by atoms with van der Waals surface area (Å²) in [5, 5.41) is 2.79. The van der Waals surface area contributed by atoms with Gasteiger partial charge in [0.05, 0.1) is 13.2 Å². The van der Waals surface area contributed by atoms with E-state index in [0.717, 1.165) is 4.90 Å². The number of nitrogens with one attached hydrogen (secondary N) is 1. The predicted octanol–water partition coefficient (Wildman–Crippen LogP) is 1.08. The largest absolute Gasteiger partial charge is 0.468 e. The van der Waals surface area contributed by atoms with E-state index in [4.69, 9.17) is 0 Å². The molecule has 1 heterocycles. The summed E-state index contributed by atoms with van der Waals surface area (Å²) < 4.78 is 41.7. The first-order valence-corrected chi connectivity index (χ1v) is 6.48. The first-order valence-electron chi connectivity index (χ1n) is 6.48. The average Bonchev–Trinajstić information content (AvgIpc) is 2.37. The van der Waals surface area contributed by atoms with Crippen LogP contribution in [0.5, 0.6) is 0 Å². The number of ether oxygens (including phenoxy) is 1. The molecule has 1 N–H and O–H groups in total. The Balaban J connectivity index is 2.66. The summed E-state index contributed by atoms with van der Waals surface area (Å²) in [5.41, 5.74) is 0. The van der Waals surface area contributed by atoms with Crippen molar-refractivity contribution < 1.29 is 27.5 Å². The van der Waals surface area contributed by atoms with E-state index in [1.54, 1.807) is 6.92 Å². The third-order valence-electron chi connectivity index (χ3n) is 3.20. The lowest BCUT2D eigenvalue weighted by atomic mass is 10.0. The van der Waals surface area contributed by atoms with Gasteiger partial charge >= 0.3 is 12.1 Å². The number of methoxy groups -OCH3 is 1. The number of carbonyl (C=O) groups excluding carboxylic acids is 2. The number of esters is 1. The van der Waals surface area contributed by atoms with E-state index >= 15 is 0 Å². The zero-order valence-electron chi connectivity index (χ0n) is 11.5. The van der Waals surface area contributed by atoms with E-state index in [9.17, 15) is 22.8 Å². The Morgan fingerprint density at radius 3 is 2.70 bits per heavy atom. The highest BCUT2D eigenvalue weighted by Gasteiger charge is 2.38. The Bertz CT molecular complexity index is 360. The maximum atomic E-state index is 12.4. The maximum absolute atomic E-state index is 12.4. The van der Waals surface area contributed by atoms with Gasteiger partial charge in [-0.3, -0.25) is 14.9 Å². The molecule has 0 aromatic carbocycles. The normalized spacial score (nSPS) is 21.8. The molecule has 116 valence electrons. The van der Waals surface area contributed by atoms with Crippen molar-refractivity contribution in [3.63, 3.8) is 0 Å². The second-order valence-electron chi connectivity index (χ2n) is 4.72. The number of hydrogen-bond donors (Lipinski definition) is 1. The van der Waals surface area contributed by atoms with Crippen LogP contribution in [0.2, 0.25) is 0 Å². The highest BCUT2D eigenvalue weighted by molar-refractivity contribution is 5.84.